The first-order valence-electron chi connectivity index (χ1n) is 19.6. The number of esters is 2. The first-order valence-corrected chi connectivity index (χ1v) is 22.3. The zero-order valence-electron chi connectivity index (χ0n) is 35.8. The molecular formula is C40H56N8O10S2. The third kappa shape index (κ3) is 14.4. The van der Waals surface area contributed by atoms with Crippen molar-refractivity contribution in [3.05, 3.63) is 60.7 Å². The number of ether oxygens (including phenoxy) is 6. The number of benzene rings is 2. The second-order valence-corrected chi connectivity index (χ2v) is 20.2. The monoisotopic (exact) mass is 872 g/mol. The van der Waals surface area contributed by atoms with Gasteiger partial charge in [0.2, 0.25) is 15.0 Å². The van der Waals surface area contributed by atoms with Gasteiger partial charge in [-0.3, -0.25) is 9.59 Å². The molecule has 2 fully saturated rings. The zero-order chi connectivity index (χ0) is 43.9. The maximum atomic E-state index is 13.1. The fraction of sp³-hybridized carbons (Fsp3) is 0.600. The number of carbonyl (C=O) groups excluding carboxylic acids is 2. The molecule has 0 spiro atoms. The highest BCUT2D eigenvalue weighted by Gasteiger charge is 2.41. The number of nitrogens with zero attached hydrogens (tertiary/aromatic N) is 8. The Hall–Kier alpha value is -4.34. The minimum Gasteiger partial charge on any atom is -0.460 e. The number of hydrogen-bond acceptors (Lipinski definition) is 17. The van der Waals surface area contributed by atoms with Gasteiger partial charge in [0.1, 0.15) is 11.2 Å². The summed E-state index contributed by atoms with van der Waals surface area (Å²) in [5, 5.41) is 23.5. The SMILES string of the molecule is CC(C)(C)OC(=O)C[C@H]1C[C@@H](CS(=O)(=O)c2nnnn2-c2ccccc2)OC(C)(C)O1.CC(C)(C)OC(=O)C[C@H]1C[C@@H](CSc2nnnn2-c2ccccc2)OC(C)(C)O1. The lowest BCUT2D eigenvalue weighted by Gasteiger charge is -2.40. The molecule has 20 heteroatoms. The van der Waals surface area contributed by atoms with Gasteiger partial charge in [-0.1, -0.05) is 53.3 Å². The molecule has 328 valence electrons. The minimum atomic E-state index is -3.90. The maximum absolute atomic E-state index is 13.1. The third-order valence-electron chi connectivity index (χ3n) is 8.45. The van der Waals surface area contributed by atoms with Gasteiger partial charge in [-0.15, -0.1) is 5.10 Å². The van der Waals surface area contributed by atoms with Crippen LogP contribution in [0.1, 0.15) is 94.9 Å². The van der Waals surface area contributed by atoms with E-state index < -0.39 is 50.8 Å². The molecule has 2 aromatic heterocycles. The summed E-state index contributed by atoms with van der Waals surface area (Å²) in [5.74, 6) is -2.22. The third-order valence-corrected chi connectivity index (χ3v) is 11.1. The Morgan fingerprint density at radius 1 is 0.683 bits per heavy atom. The van der Waals surface area contributed by atoms with Crippen LogP contribution in [0.25, 0.3) is 11.4 Å². The van der Waals surface area contributed by atoms with Crippen molar-refractivity contribution in [1.29, 1.82) is 0 Å². The highest BCUT2D eigenvalue weighted by Crippen LogP contribution is 2.33. The lowest BCUT2D eigenvalue weighted by molar-refractivity contribution is -0.296. The van der Waals surface area contributed by atoms with E-state index in [1.165, 1.54) is 16.4 Å². The van der Waals surface area contributed by atoms with Gasteiger partial charge in [0, 0.05) is 18.6 Å². The molecule has 2 saturated heterocycles. The summed E-state index contributed by atoms with van der Waals surface area (Å²) < 4.78 is 63.5. The molecule has 0 radical (unpaired) electrons. The molecule has 6 rings (SSSR count). The van der Waals surface area contributed by atoms with Crippen LogP contribution >= 0.6 is 11.8 Å². The molecule has 4 aromatic rings. The highest BCUT2D eigenvalue weighted by molar-refractivity contribution is 7.99. The van der Waals surface area contributed by atoms with E-state index in [-0.39, 0.29) is 48.3 Å². The average molecular weight is 873 g/mol. The fourth-order valence-corrected chi connectivity index (χ4v) is 8.93. The van der Waals surface area contributed by atoms with E-state index in [0.29, 0.717) is 23.0 Å². The van der Waals surface area contributed by atoms with Crippen LogP contribution in [0.4, 0.5) is 0 Å². The van der Waals surface area contributed by atoms with Crippen LogP contribution in [0.2, 0.25) is 0 Å². The largest absolute Gasteiger partial charge is 0.460 e. The van der Waals surface area contributed by atoms with Gasteiger partial charge in [-0.2, -0.15) is 9.36 Å². The van der Waals surface area contributed by atoms with Crippen LogP contribution in [0.15, 0.2) is 71.0 Å². The zero-order valence-corrected chi connectivity index (χ0v) is 37.4. The second kappa shape index (κ2) is 19.1. The number of tetrazole rings is 2. The van der Waals surface area contributed by atoms with Crippen molar-refractivity contribution < 1.29 is 46.4 Å². The highest BCUT2D eigenvalue weighted by atomic mass is 32.2. The van der Waals surface area contributed by atoms with E-state index >= 15 is 0 Å². The summed E-state index contributed by atoms with van der Waals surface area (Å²) in [6.45, 7) is 18.0. The van der Waals surface area contributed by atoms with Crippen molar-refractivity contribution in [3.63, 3.8) is 0 Å². The molecule has 0 amide bonds. The fourth-order valence-electron chi connectivity index (χ4n) is 6.62. The molecule has 60 heavy (non-hydrogen) atoms. The molecular weight excluding hydrogens is 817 g/mol. The van der Waals surface area contributed by atoms with Crippen LogP contribution in [0.5, 0.6) is 0 Å². The molecule has 0 N–H and O–H groups in total. The minimum absolute atomic E-state index is 0.00234. The van der Waals surface area contributed by atoms with Crippen LogP contribution in [-0.4, -0.2) is 119 Å². The van der Waals surface area contributed by atoms with Gasteiger partial charge in [0.15, 0.2) is 11.6 Å². The number of aromatic nitrogens is 8. The van der Waals surface area contributed by atoms with Gasteiger partial charge >= 0.3 is 11.9 Å². The van der Waals surface area contributed by atoms with E-state index in [1.54, 1.807) is 63.6 Å². The summed E-state index contributed by atoms with van der Waals surface area (Å²) in [4.78, 5) is 24.4. The quantitative estimate of drug-likeness (QED) is 0.128. The van der Waals surface area contributed by atoms with Crippen LogP contribution in [0, 0.1) is 0 Å². The van der Waals surface area contributed by atoms with E-state index in [9.17, 15) is 18.0 Å². The van der Waals surface area contributed by atoms with Crippen molar-refractivity contribution in [1.82, 2.24) is 40.4 Å². The molecule has 18 nitrogen and oxygen atoms in total. The van der Waals surface area contributed by atoms with E-state index in [4.69, 9.17) is 28.4 Å². The average Bonchev–Trinajstić information content (AvgIpc) is 3.80. The topological polar surface area (TPSA) is 211 Å². The predicted octanol–water partition coefficient (Wildman–Crippen LogP) is 5.47. The summed E-state index contributed by atoms with van der Waals surface area (Å²) in [7, 11) is -3.90. The van der Waals surface area contributed by atoms with Crippen LogP contribution < -0.4 is 0 Å². The molecule has 4 heterocycles. The Bertz CT molecular complexity index is 2140. The Morgan fingerprint density at radius 3 is 1.63 bits per heavy atom. The van der Waals surface area contributed by atoms with E-state index in [0.717, 1.165) is 5.69 Å². The smallest absolute Gasteiger partial charge is 0.308 e. The van der Waals surface area contributed by atoms with Crippen molar-refractivity contribution in [3.8, 4) is 11.4 Å². The lowest BCUT2D eigenvalue weighted by atomic mass is 10.1. The van der Waals surface area contributed by atoms with Crippen LogP contribution in [-0.2, 0) is 47.8 Å². The molecule has 2 aliphatic rings. The molecule has 2 aliphatic heterocycles. The molecule has 2 aromatic carbocycles. The Balaban J connectivity index is 0.000000228. The van der Waals surface area contributed by atoms with Crippen LogP contribution in [0.3, 0.4) is 0 Å². The van der Waals surface area contributed by atoms with Crippen molar-refractivity contribution in [2.24, 2.45) is 0 Å². The summed E-state index contributed by atoms with van der Waals surface area (Å²) in [6, 6.07) is 18.5. The van der Waals surface area contributed by atoms with Gasteiger partial charge in [0.05, 0.1) is 54.4 Å². The van der Waals surface area contributed by atoms with Gasteiger partial charge in [-0.05, 0) is 114 Å². The number of hydrogen-bond donors (Lipinski definition) is 0. The second-order valence-electron chi connectivity index (χ2n) is 17.3. The van der Waals surface area contributed by atoms with Crippen molar-refractivity contribution in [2.45, 2.75) is 152 Å². The summed E-state index contributed by atoms with van der Waals surface area (Å²) >= 11 is 1.52. The van der Waals surface area contributed by atoms with Gasteiger partial charge in [-0.25, -0.2) is 8.42 Å². The van der Waals surface area contributed by atoms with Gasteiger partial charge in [0.25, 0.3) is 5.16 Å². The Morgan fingerprint density at radius 2 is 1.12 bits per heavy atom. The molecule has 0 bridgehead atoms. The number of thioether (sulfide) groups is 1. The van der Waals surface area contributed by atoms with Gasteiger partial charge < -0.3 is 28.4 Å². The van der Waals surface area contributed by atoms with E-state index in [1.807, 2.05) is 71.0 Å². The first-order chi connectivity index (χ1) is 28.0. The number of rotatable bonds is 12. The first kappa shape index (κ1) is 46.7. The lowest BCUT2D eigenvalue weighted by Crippen LogP contribution is -2.47. The summed E-state index contributed by atoms with van der Waals surface area (Å²) in [5.41, 5.74) is 0.300. The number of para-hydroxylation sites is 2. The Labute approximate surface area is 355 Å². The summed E-state index contributed by atoms with van der Waals surface area (Å²) in [6.07, 6.45) is -0.584. The van der Waals surface area contributed by atoms with Crippen molar-refractivity contribution >= 4 is 33.5 Å². The predicted molar refractivity (Wildman–Crippen MR) is 219 cm³/mol. The molecule has 0 saturated carbocycles. The molecule has 4 atom stereocenters. The molecule has 0 aliphatic carbocycles. The standard InChI is InChI=1S/C20H28N4O6S.C20H28N4O4S/c1-19(2,3)30-17(25)12-15-11-16(29-20(4,5)28-15)13-31(26,27)18-21-22-23-24(18)14-9-7-6-8-10-14;1-19(2,3)28-17(25)12-15-11-16(27-20(4,5)26-15)13-29-18-21-22-23-24(18)14-9-7-6-8-10-14/h6-10,15-16H,11-13H2,1-5H3;6-10,15-16H,11-13H2,1-5H3/t2*15-,16+/m11/s1. The van der Waals surface area contributed by atoms with E-state index in [2.05, 4.69) is 31.1 Å². The maximum Gasteiger partial charge on any atom is 0.308 e. The van der Waals surface area contributed by atoms with Crippen molar-refractivity contribution in [2.75, 3.05) is 11.5 Å². The Kier molecular flexibility index (Phi) is 14.9. The molecule has 0 unspecified atom stereocenters. The number of carbonyl (C=O) groups is 2. The number of sulfone groups is 1. The normalized spacial score (nSPS) is 21.6.